The Balaban J connectivity index is 1.58. The predicted molar refractivity (Wildman–Crippen MR) is 83.6 cm³/mol. The van der Waals surface area contributed by atoms with Crippen LogP contribution in [-0.4, -0.2) is 29.7 Å². The van der Waals surface area contributed by atoms with E-state index < -0.39 is 0 Å². The molecule has 0 unspecified atom stereocenters. The fourth-order valence-electron chi connectivity index (χ4n) is 2.81. The van der Waals surface area contributed by atoms with E-state index in [4.69, 9.17) is 4.74 Å². The standard InChI is InChI=1S/C17H21N3O/c1-14-5-2-3-7-16(14)21-12-15-6-4-10-20(11-15)17-8-9-18-13-19-17/h2-3,5,7-9,13,15H,4,6,10-12H2,1H3/t15-/m0/s1. The Labute approximate surface area is 125 Å². The molecule has 0 bridgehead atoms. The Bertz CT molecular complexity index is 573. The van der Waals surface area contributed by atoms with Gasteiger partial charge in [0.2, 0.25) is 0 Å². The first-order chi connectivity index (χ1) is 10.3. The van der Waals surface area contributed by atoms with Gasteiger partial charge in [-0.15, -0.1) is 0 Å². The summed E-state index contributed by atoms with van der Waals surface area (Å²) in [7, 11) is 0. The van der Waals surface area contributed by atoms with Gasteiger partial charge in [-0.3, -0.25) is 0 Å². The number of aromatic nitrogens is 2. The van der Waals surface area contributed by atoms with Crippen molar-refractivity contribution in [3.63, 3.8) is 0 Å². The SMILES string of the molecule is Cc1ccccc1OC[C@H]1CCCN(c2ccncn2)C1. The third-order valence-corrected chi connectivity index (χ3v) is 3.98. The molecule has 4 nitrogen and oxygen atoms in total. The van der Waals surface area contributed by atoms with Gasteiger partial charge in [-0.2, -0.15) is 0 Å². The number of piperidine rings is 1. The van der Waals surface area contributed by atoms with Crippen LogP contribution in [0.4, 0.5) is 5.82 Å². The summed E-state index contributed by atoms with van der Waals surface area (Å²) in [5, 5.41) is 0. The monoisotopic (exact) mass is 283 g/mol. The zero-order valence-corrected chi connectivity index (χ0v) is 12.4. The second-order valence-electron chi connectivity index (χ2n) is 5.60. The second-order valence-corrected chi connectivity index (χ2v) is 5.60. The van der Waals surface area contributed by atoms with Crippen LogP contribution in [0.1, 0.15) is 18.4 Å². The minimum atomic E-state index is 0.549. The van der Waals surface area contributed by atoms with Crippen molar-refractivity contribution in [2.75, 3.05) is 24.6 Å². The van der Waals surface area contributed by atoms with Gasteiger partial charge < -0.3 is 9.64 Å². The van der Waals surface area contributed by atoms with Crippen LogP contribution in [0.3, 0.4) is 0 Å². The van der Waals surface area contributed by atoms with Crippen molar-refractivity contribution < 1.29 is 4.74 Å². The minimum absolute atomic E-state index is 0.549. The fraction of sp³-hybridized carbons (Fsp3) is 0.412. The molecule has 110 valence electrons. The van der Waals surface area contributed by atoms with E-state index in [-0.39, 0.29) is 0 Å². The number of rotatable bonds is 4. The van der Waals surface area contributed by atoms with Crippen LogP contribution in [0.25, 0.3) is 0 Å². The topological polar surface area (TPSA) is 38.2 Å². The summed E-state index contributed by atoms with van der Waals surface area (Å²) >= 11 is 0. The van der Waals surface area contributed by atoms with Gasteiger partial charge in [0.25, 0.3) is 0 Å². The Kier molecular flexibility index (Phi) is 4.34. The fourth-order valence-corrected chi connectivity index (χ4v) is 2.81. The minimum Gasteiger partial charge on any atom is -0.493 e. The van der Waals surface area contributed by atoms with E-state index in [2.05, 4.69) is 27.9 Å². The number of hydrogen-bond acceptors (Lipinski definition) is 4. The lowest BCUT2D eigenvalue weighted by Gasteiger charge is -2.33. The number of anilines is 1. The predicted octanol–water partition coefficient (Wildman–Crippen LogP) is 3.08. The molecule has 1 fully saturated rings. The van der Waals surface area contributed by atoms with Gasteiger partial charge in [-0.25, -0.2) is 9.97 Å². The van der Waals surface area contributed by atoms with Gasteiger partial charge in [-0.1, -0.05) is 18.2 Å². The number of nitrogens with zero attached hydrogens (tertiary/aromatic N) is 3. The average molecular weight is 283 g/mol. The molecule has 2 aromatic rings. The van der Waals surface area contributed by atoms with Crippen LogP contribution in [0.5, 0.6) is 5.75 Å². The summed E-state index contributed by atoms with van der Waals surface area (Å²) in [6.07, 6.45) is 5.82. The average Bonchev–Trinajstić information content (AvgIpc) is 2.55. The molecule has 1 aliphatic heterocycles. The van der Waals surface area contributed by atoms with Gasteiger partial charge >= 0.3 is 0 Å². The van der Waals surface area contributed by atoms with E-state index in [1.165, 1.54) is 18.4 Å². The van der Waals surface area contributed by atoms with Crippen molar-refractivity contribution >= 4 is 5.82 Å². The highest BCUT2D eigenvalue weighted by Gasteiger charge is 2.21. The molecular weight excluding hydrogens is 262 g/mol. The first kappa shape index (κ1) is 13.9. The number of aryl methyl sites for hydroxylation is 1. The Morgan fingerprint density at radius 3 is 3.00 bits per heavy atom. The summed E-state index contributed by atoms with van der Waals surface area (Å²) in [5.74, 6) is 2.57. The highest BCUT2D eigenvalue weighted by molar-refractivity contribution is 5.37. The molecule has 0 aliphatic carbocycles. The van der Waals surface area contributed by atoms with Gasteiger partial charge in [0.1, 0.15) is 17.9 Å². The summed E-state index contributed by atoms with van der Waals surface area (Å²) in [5.41, 5.74) is 1.20. The van der Waals surface area contributed by atoms with Crippen LogP contribution in [0.15, 0.2) is 42.9 Å². The number of ether oxygens (including phenoxy) is 1. The second kappa shape index (κ2) is 6.57. The lowest BCUT2D eigenvalue weighted by atomic mass is 9.99. The number of para-hydroxylation sites is 1. The third kappa shape index (κ3) is 3.51. The molecule has 3 rings (SSSR count). The van der Waals surface area contributed by atoms with Crippen molar-refractivity contribution in [1.82, 2.24) is 9.97 Å². The molecule has 0 amide bonds. The van der Waals surface area contributed by atoms with Crippen LogP contribution >= 0.6 is 0 Å². The zero-order chi connectivity index (χ0) is 14.5. The Hall–Kier alpha value is -2.10. The highest BCUT2D eigenvalue weighted by atomic mass is 16.5. The molecule has 1 saturated heterocycles. The first-order valence-electron chi connectivity index (χ1n) is 7.52. The molecule has 1 aliphatic rings. The van der Waals surface area contributed by atoms with E-state index in [0.717, 1.165) is 31.3 Å². The van der Waals surface area contributed by atoms with Gasteiger partial charge in [0.05, 0.1) is 6.61 Å². The maximum absolute atomic E-state index is 6.00. The molecule has 21 heavy (non-hydrogen) atoms. The van der Waals surface area contributed by atoms with Gasteiger partial charge in [0.15, 0.2) is 0 Å². The van der Waals surface area contributed by atoms with Crippen LogP contribution in [-0.2, 0) is 0 Å². The molecule has 2 heterocycles. The van der Waals surface area contributed by atoms with Crippen LogP contribution in [0.2, 0.25) is 0 Å². The molecule has 1 atom stereocenters. The van der Waals surface area contributed by atoms with Crippen molar-refractivity contribution in [1.29, 1.82) is 0 Å². The Morgan fingerprint density at radius 2 is 2.19 bits per heavy atom. The quantitative estimate of drug-likeness (QED) is 0.864. The molecule has 0 radical (unpaired) electrons. The van der Waals surface area contributed by atoms with Crippen LogP contribution in [0, 0.1) is 12.8 Å². The molecule has 0 spiro atoms. The molecule has 0 N–H and O–H groups in total. The lowest BCUT2D eigenvalue weighted by Crippen LogP contribution is -2.38. The third-order valence-electron chi connectivity index (χ3n) is 3.98. The first-order valence-corrected chi connectivity index (χ1v) is 7.52. The largest absolute Gasteiger partial charge is 0.493 e. The van der Waals surface area contributed by atoms with Crippen LogP contribution < -0.4 is 9.64 Å². The maximum Gasteiger partial charge on any atom is 0.131 e. The smallest absolute Gasteiger partial charge is 0.131 e. The van der Waals surface area contributed by atoms with Gasteiger partial charge in [-0.05, 0) is 37.5 Å². The van der Waals surface area contributed by atoms with Crippen molar-refractivity contribution in [3.05, 3.63) is 48.4 Å². The van der Waals surface area contributed by atoms with Crippen molar-refractivity contribution in [3.8, 4) is 5.75 Å². The molecule has 1 aromatic carbocycles. The normalized spacial score (nSPS) is 18.5. The summed E-state index contributed by atoms with van der Waals surface area (Å²) < 4.78 is 6.00. The van der Waals surface area contributed by atoms with E-state index in [9.17, 15) is 0 Å². The summed E-state index contributed by atoms with van der Waals surface area (Å²) in [4.78, 5) is 10.7. The van der Waals surface area contributed by atoms with Gasteiger partial charge in [0, 0.05) is 25.2 Å². The van der Waals surface area contributed by atoms with E-state index in [1.807, 2.05) is 24.3 Å². The van der Waals surface area contributed by atoms with E-state index in [1.54, 1.807) is 12.5 Å². The highest BCUT2D eigenvalue weighted by Crippen LogP contribution is 2.23. The maximum atomic E-state index is 6.00. The Morgan fingerprint density at radius 1 is 1.29 bits per heavy atom. The molecule has 4 heteroatoms. The van der Waals surface area contributed by atoms with E-state index >= 15 is 0 Å². The number of benzene rings is 1. The molecule has 1 aromatic heterocycles. The number of hydrogen-bond donors (Lipinski definition) is 0. The zero-order valence-electron chi connectivity index (χ0n) is 12.4. The molecular formula is C17H21N3O. The summed E-state index contributed by atoms with van der Waals surface area (Å²) in [6, 6.07) is 10.2. The van der Waals surface area contributed by atoms with Crippen molar-refractivity contribution in [2.24, 2.45) is 5.92 Å². The lowest BCUT2D eigenvalue weighted by molar-refractivity contribution is 0.227. The van der Waals surface area contributed by atoms with E-state index in [0.29, 0.717) is 5.92 Å². The summed E-state index contributed by atoms with van der Waals surface area (Å²) in [6.45, 7) is 4.93. The molecule has 0 saturated carbocycles. The van der Waals surface area contributed by atoms with Crippen molar-refractivity contribution in [2.45, 2.75) is 19.8 Å².